The third-order valence-corrected chi connectivity index (χ3v) is 0.500. The van der Waals surface area contributed by atoms with E-state index < -0.39 is 10.2 Å². The fourth-order valence-electron chi connectivity index (χ4n) is 0. The molecule has 9 nitrogen and oxygen atoms in total. The molecule has 0 rings (SSSR count). The molecule has 0 atom stereocenters. The molecule has 0 spiro atoms. The van der Waals surface area contributed by atoms with Crippen LogP contribution in [0.25, 0.3) is 0 Å². The summed E-state index contributed by atoms with van der Waals surface area (Å²) in [5.41, 5.74) is 4.85. The molecule has 0 amide bonds. The predicted octanol–water partition coefficient (Wildman–Crippen LogP) is 1.08. The highest BCUT2D eigenvalue weighted by Gasteiger charge is 1.65. The van der Waals surface area contributed by atoms with Crippen LogP contribution in [0.2, 0.25) is 0 Å². The molecule has 0 aliphatic carbocycles. The van der Waals surface area contributed by atoms with Gasteiger partial charge in [0.1, 0.15) is 0 Å². The quantitative estimate of drug-likeness (QED) is 0.449. The lowest BCUT2D eigenvalue weighted by molar-refractivity contribution is -0.742. The lowest BCUT2D eigenvalue weighted by Gasteiger charge is -1.68. The van der Waals surface area contributed by atoms with Crippen molar-refractivity contribution >= 4 is 0 Å². The number of rotatable bonds is 1. The van der Waals surface area contributed by atoms with Gasteiger partial charge in [-0.2, -0.15) is 0 Å². The van der Waals surface area contributed by atoms with E-state index in [4.69, 9.17) is 36.4 Å². The van der Waals surface area contributed by atoms with Crippen molar-refractivity contribution < 1.29 is 20.6 Å². The standard InChI is InChI=1S/C4H10.C2H7N.2HNO3/c1-3-4-2;1-2-3;2*2-1(3)4/h3-4H2,1-2H3;2-3H2,1H3;2*(H,2,3,4). The van der Waals surface area contributed by atoms with Crippen LogP contribution in [0.4, 0.5) is 0 Å². The van der Waals surface area contributed by atoms with E-state index in [2.05, 4.69) is 13.8 Å². The highest BCUT2D eigenvalue weighted by molar-refractivity contribution is 4.12. The van der Waals surface area contributed by atoms with Gasteiger partial charge in [0.25, 0.3) is 10.2 Å². The first-order valence-corrected chi connectivity index (χ1v) is 4.16. The van der Waals surface area contributed by atoms with Crippen LogP contribution >= 0.6 is 0 Å². The first-order valence-electron chi connectivity index (χ1n) is 4.16. The zero-order chi connectivity index (χ0) is 13.3. The molecule has 0 radical (unpaired) electrons. The summed E-state index contributed by atoms with van der Waals surface area (Å²) in [5.74, 6) is 0. The van der Waals surface area contributed by atoms with Crippen LogP contribution in [-0.2, 0) is 0 Å². The maximum absolute atomic E-state index is 8.36. The van der Waals surface area contributed by atoms with Gasteiger partial charge >= 0.3 is 0 Å². The molecule has 0 aromatic rings. The molecule has 0 aliphatic heterocycles. The highest BCUT2D eigenvalue weighted by Crippen LogP contribution is 1.76. The summed E-state index contributed by atoms with van der Waals surface area (Å²) in [6.07, 6.45) is 2.64. The molecule has 0 heterocycles. The average molecular weight is 229 g/mol. The van der Waals surface area contributed by atoms with E-state index in [1.165, 1.54) is 12.8 Å². The summed E-state index contributed by atoms with van der Waals surface area (Å²) >= 11 is 0. The van der Waals surface area contributed by atoms with E-state index in [0.717, 1.165) is 6.54 Å². The second-order valence-electron chi connectivity index (χ2n) is 1.88. The van der Waals surface area contributed by atoms with Gasteiger partial charge in [0, 0.05) is 0 Å². The Kier molecular flexibility index (Phi) is 45.7. The minimum absolute atomic E-state index is 0.750. The number of hydrogen-bond donors (Lipinski definition) is 3. The van der Waals surface area contributed by atoms with E-state index in [0.29, 0.717) is 0 Å². The zero-order valence-corrected chi connectivity index (χ0v) is 9.12. The Morgan fingerprint density at radius 3 is 1.07 bits per heavy atom. The highest BCUT2D eigenvalue weighted by atomic mass is 16.9. The number of nitrogens with two attached hydrogens (primary N) is 1. The lowest BCUT2D eigenvalue weighted by atomic mass is 10.4. The van der Waals surface area contributed by atoms with E-state index in [1.807, 2.05) is 6.92 Å². The molecule has 0 aromatic heterocycles. The third-order valence-electron chi connectivity index (χ3n) is 0.500. The van der Waals surface area contributed by atoms with Gasteiger partial charge in [-0.25, -0.2) is 0 Å². The van der Waals surface area contributed by atoms with Gasteiger partial charge in [0.15, 0.2) is 0 Å². The van der Waals surface area contributed by atoms with Gasteiger partial charge in [-0.05, 0) is 6.54 Å². The van der Waals surface area contributed by atoms with Gasteiger partial charge < -0.3 is 16.1 Å². The zero-order valence-electron chi connectivity index (χ0n) is 9.12. The minimum Gasteiger partial charge on any atom is -0.331 e. The Balaban J connectivity index is -0.0000000542. The van der Waals surface area contributed by atoms with Gasteiger partial charge in [-0.3, -0.25) is 0 Å². The second kappa shape index (κ2) is 29.4. The number of nitrogens with zero attached hydrogens (tertiary/aromatic N) is 2. The topological polar surface area (TPSA) is 153 Å². The van der Waals surface area contributed by atoms with Crippen LogP contribution in [0.3, 0.4) is 0 Å². The van der Waals surface area contributed by atoms with Crippen LogP contribution < -0.4 is 5.73 Å². The van der Waals surface area contributed by atoms with Crippen molar-refractivity contribution in [2.45, 2.75) is 33.6 Å². The minimum atomic E-state index is -1.50. The third kappa shape index (κ3) is 3240. The summed E-state index contributed by atoms with van der Waals surface area (Å²) in [4.78, 5) is 16.7. The first-order chi connectivity index (χ1) is 6.79. The molecular formula is C6H19N3O6. The van der Waals surface area contributed by atoms with Crippen LogP contribution in [0.5, 0.6) is 0 Å². The predicted molar refractivity (Wildman–Crippen MR) is 52.9 cm³/mol. The van der Waals surface area contributed by atoms with Crippen molar-refractivity contribution in [3.05, 3.63) is 20.2 Å². The lowest BCUT2D eigenvalue weighted by Crippen LogP contribution is -1.87. The van der Waals surface area contributed by atoms with Crippen molar-refractivity contribution in [1.29, 1.82) is 0 Å². The summed E-state index contributed by atoms with van der Waals surface area (Å²) in [6.45, 7) is 7.01. The molecule has 94 valence electrons. The largest absolute Gasteiger partial charge is 0.331 e. The molecule has 9 heteroatoms. The van der Waals surface area contributed by atoms with Gasteiger partial charge in [0.2, 0.25) is 0 Å². The smallest absolute Gasteiger partial charge is 0.291 e. The second-order valence-corrected chi connectivity index (χ2v) is 1.88. The average Bonchev–Trinajstić information content (AvgIpc) is 2.03. The Bertz CT molecular complexity index is 110. The SMILES string of the molecule is CCCC.CCN.O=[N+]([O-])O.O=[N+]([O-])O. The molecule has 0 unspecified atom stereocenters. The summed E-state index contributed by atoms with van der Waals surface area (Å²) in [5, 5.41) is 27.3. The monoisotopic (exact) mass is 229 g/mol. The van der Waals surface area contributed by atoms with Crippen LogP contribution in [0.15, 0.2) is 0 Å². The van der Waals surface area contributed by atoms with Crippen LogP contribution in [0, 0.1) is 20.2 Å². The van der Waals surface area contributed by atoms with E-state index >= 15 is 0 Å². The van der Waals surface area contributed by atoms with E-state index in [1.54, 1.807) is 0 Å². The van der Waals surface area contributed by atoms with Crippen molar-refractivity contribution in [1.82, 2.24) is 0 Å². The van der Waals surface area contributed by atoms with Crippen LogP contribution in [-0.4, -0.2) is 27.1 Å². The molecule has 0 aliphatic rings. The Morgan fingerprint density at radius 1 is 1.00 bits per heavy atom. The number of hydrogen-bond acceptors (Lipinski definition) is 5. The molecule has 0 bridgehead atoms. The Morgan fingerprint density at radius 2 is 1.07 bits per heavy atom. The molecule has 15 heavy (non-hydrogen) atoms. The van der Waals surface area contributed by atoms with Gasteiger partial charge in [-0.1, -0.05) is 33.6 Å². The molecule has 0 saturated heterocycles. The van der Waals surface area contributed by atoms with E-state index in [9.17, 15) is 0 Å². The molecule has 0 aromatic carbocycles. The maximum Gasteiger partial charge on any atom is 0.291 e. The maximum atomic E-state index is 8.36. The van der Waals surface area contributed by atoms with Gasteiger partial charge in [0.05, 0.1) is 0 Å². The van der Waals surface area contributed by atoms with Crippen molar-refractivity contribution in [3.8, 4) is 0 Å². The molecule has 4 N–H and O–H groups in total. The summed E-state index contributed by atoms with van der Waals surface area (Å²) in [7, 11) is 0. The number of unbranched alkanes of at least 4 members (excludes halogenated alkanes) is 1. The fourth-order valence-corrected chi connectivity index (χ4v) is 0. The normalized spacial score (nSPS) is 6.40. The van der Waals surface area contributed by atoms with Crippen molar-refractivity contribution in [2.75, 3.05) is 6.54 Å². The Hall–Kier alpha value is -1.64. The van der Waals surface area contributed by atoms with Crippen molar-refractivity contribution in [2.24, 2.45) is 5.73 Å². The van der Waals surface area contributed by atoms with Gasteiger partial charge in [-0.15, -0.1) is 20.2 Å². The van der Waals surface area contributed by atoms with Crippen LogP contribution in [0.1, 0.15) is 33.6 Å². The molecule has 0 saturated carbocycles. The van der Waals surface area contributed by atoms with E-state index in [-0.39, 0.29) is 0 Å². The fraction of sp³-hybridized carbons (Fsp3) is 1.00. The summed E-state index contributed by atoms with van der Waals surface area (Å²) < 4.78 is 0. The Labute approximate surface area is 87.7 Å². The molecule has 0 fully saturated rings. The first kappa shape index (κ1) is 23.3. The molecular weight excluding hydrogens is 210 g/mol. The van der Waals surface area contributed by atoms with Crippen molar-refractivity contribution in [3.63, 3.8) is 0 Å². The summed E-state index contributed by atoms with van der Waals surface area (Å²) in [6, 6.07) is 0.